The molecule has 1 aliphatic carbocycles. The van der Waals surface area contributed by atoms with Crippen LogP contribution < -0.4 is 0 Å². The molecule has 0 aliphatic heterocycles. The van der Waals surface area contributed by atoms with Gasteiger partial charge in [-0.25, -0.2) is 0 Å². The summed E-state index contributed by atoms with van der Waals surface area (Å²) < 4.78 is 0. The van der Waals surface area contributed by atoms with Gasteiger partial charge in [-0.15, -0.1) is 0 Å². The largest absolute Gasteiger partial charge is 0.481 e. The number of carbonyl (C=O) groups is 2. The maximum absolute atomic E-state index is 11.3. The Morgan fingerprint density at radius 2 is 1.52 bits per heavy atom. The summed E-state index contributed by atoms with van der Waals surface area (Å²) in [5, 5.41) is 18.6. The third kappa shape index (κ3) is 6.82. The fourth-order valence-corrected chi connectivity index (χ4v) is 4.62. The zero-order valence-electron chi connectivity index (χ0n) is 20.3. The second-order valence-corrected chi connectivity index (χ2v) is 10.5. The Kier molecular flexibility index (Phi) is 8.73. The van der Waals surface area contributed by atoms with Crippen LogP contribution in [0.5, 0.6) is 0 Å². The molecule has 1 aromatic carbocycles. The zero-order valence-corrected chi connectivity index (χ0v) is 20.3. The van der Waals surface area contributed by atoms with Crippen molar-refractivity contribution in [2.75, 3.05) is 0 Å². The Balaban J connectivity index is 1.86. The molecule has 0 atom stereocenters. The lowest BCUT2D eigenvalue weighted by atomic mass is 9.85. The molecule has 0 heterocycles. The molecule has 31 heavy (non-hydrogen) atoms. The van der Waals surface area contributed by atoms with E-state index in [1.54, 1.807) is 0 Å². The summed E-state index contributed by atoms with van der Waals surface area (Å²) in [4.78, 5) is 22.6. The van der Waals surface area contributed by atoms with Crippen molar-refractivity contribution in [1.82, 2.24) is 0 Å². The van der Waals surface area contributed by atoms with E-state index in [0.29, 0.717) is 0 Å². The highest BCUT2D eigenvalue weighted by atomic mass is 16.4. The van der Waals surface area contributed by atoms with Crippen LogP contribution >= 0.6 is 0 Å². The van der Waals surface area contributed by atoms with Gasteiger partial charge in [0.25, 0.3) is 0 Å². The average molecular weight is 431 g/mol. The van der Waals surface area contributed by atoms with Gasteiger partial charge >= 0.3 is 11.9 Å². The Morgan fingerprint density at radius 1 is 0.903 bits per heavy atom. The van der Waals surface area contributed by atoms with Crippen molar-refractivity contribution in [2.24, 2.45) is 10.8 Å². The number of rotatable bonds is 14. The van der Waals surface area contributed by atoms with Crippen LogP contribution in [0.15, 0.2) is 6.07 Å². The fourth-order valence-electron chi connectivity index (χ4n) is 4.62. The Bertz CT molecular complexity index is 787. The van der Waals surface area contributed by atoms with Gasteiger partial charge in [-0.1, -0.05) is 31.7 Å². The molecular weight excluding hydrogens is 388 g/mol. The van der Waals surface area contributed by atoms with Gasteiger partial charge in [0.05, 0.1) is 10.8 Å². The first-order valence-electron chi connectivity index (χ1n) is 12.1. The minimum absolute atomic E-state index is 0.391. The van der Waals surface area contributed by atoms with E-state index in [0.717, 1.165) is 77.0 Å². The van der Waals surface area contributed by atoms with Gasteiger partial charge in [-0.3, -0.25) is 9.59 Å². The van der Waals surface area contributed by atoms with Crippen molar-refractivity contribution in [2.45, 2.75) is 112 Å². The molecule has 1 saturated carbocycles. The summed E-state index contributed by atoms with van der Waals surface area (Å²) >= 11 is 0. The number of carboxylic acids is 2. The molecule has 1 aromatic rings. The van der Waals surface area contributed by atoms with Crippen LogP contribution in [0.3, 0.4) is 0 Å². The maximum Gasteiger partial charge on any atom is 0.309 e. The van der Waals surface area contributed by atoms with E-state index in [-0.39, 0.29) is 0 Å². The van der Waals surface area contributed by atoms with E-state index >= 15 is 0 Å². The smallest absolute Gasteiger partial charge is 0.309 e. The molecule has 0 saturated heterocycles. The lowest BCUT2D eigenvalue weighted by Crippen LogP contribution is -2.23. The first-order valence-corrected chi connectivity index (χ1v) is 12.1. The highest BCUT2D eigenvalue weighted by Gasteiger charge is 2.49. The standard InChI is InChI=1S/C27H42O4/c1-19-18-22(12-8-6-11-15-27(16-17-27)25(30)31)23(21(3)20(19)2)13-9-7-10-14-26(4,5)24(28)29/h18H,6-17H2,1-5H3,(H,28,29)(H,30,31). The molecule has 4 nitrogen and oxygen atoms in total. The molecule has 1 fully saturated rings. The molecular formula is C27H42O4. The number of aliphatic carboxylic acids is 2. The predicted molar refractivity (Wildman–Crippen MR) is 126 cm³/mol. The summed E-state index contributed by atoms with van der Waals surface area (Å²) in [5.41, 5.74) is 6.03. The van der Waals surface area contributed by atoms with Crippen molar-refractivity contribution in [3.05, 3.63) is 33.9 Å². The lowest BCUT2D eigenvalue weighted by Gasteiger charge is -2.19. The zero-order chi connectivity index (χ0) is 23.2. The second-order valence-electron chi connectivity index (χ2n) is 10.5. The summed E-state index contributed by atoms with van der Waals surface area (Å²) in [7, 11) is 0. The van der Waals surface area contributed by atoms with Crippen LogP contribution in [0.25, 0.3) is 0 Å². The van der Waals surface area contributed by atoms with E-state index in [1.807, 2.05) is 13.8 Å². The number of aryl methyl sites for hydroxylation is 2. The molecule has 0 bridgehead atoms. The summed E-state index contributed by atoms with van der Waals surface area (Å²) in [5.74, 6) is -1.32. The van der Waals surface area contributed by atoms with Gasteiger partial charge in [-0.2, -0.15) is 0 Å². The number of benzene rings is 1. The third-order valence-electron chi connectivity index (χ3n) is 7.60. The molecule has 2 rings (SSSR count). The topological polar surface area (TPSA) is 74.6 Å². The average Bonchev–Trinajstić information content (AvgIpc) is 3.48. The molecule has 0 aromatic heterocycles. The summed E-state index contributed by atoms with van der Waals surface area (Å²) in [6.07, 6.45) is 11.7. The molecule has 4 heteroatoms. The number of hydrogen-bond acceptors (Lipinski definition) is 2. The van der Waals surface area contributed by atoms with Crippen molar-refractivity contribution >= 4 is 11.9 Å². The van der Waals surface area contributed by atoms with Crippen LogP contribution in [-0.2, 0) is 22.4 Å². The fraction of sp³-hybridized carbons (Fsp3) is 0.704. The molecule has 0 unspecified atom stereocenters. The van der Waals surface area contributed by atoms with E-state index in [1.165, 1.54) is 27.8 Å². The van der Waals surface area contributed by atoms with E-state index in [4.69, 9.17) is 0 Å². The Morgan fingerprint density at radius 3 is 2.10 bits per heavy atom. The predicted octanol–water partition coefficient (Wildman–Crippen LogP) is 6.79. The van der Waals surface area contributed by atoms with Crippen LogP contribution in [0, 0.1) is 31.6 Å². The van der Waals surface area contributed by atoms with Crippen molar-refractivity contribution in [3.63, 3.8) is 0 Å². The van der Waals surface area contributed by atoms with Gasteiger partial charge in [0.2, 0.25) is 0 Å². The normalized spacial score (nSPS) is 15.1. The number of hydrogen-bond donors (Lipinski definition) is 2. The monoisotopic (exact) mass is 430 g/mol. The third-order valence-corrected chi connectivity index (χ3v) is 7.60. The first-order chi connectivity index (χ1) is 14.5. The highest BCUT2D eigenvalue weighted by Crippen LogP contribution is 2.50. The number of unbranched alkanes of at least 4 members (excludes halogenated alkanes) is 4. The first kappa shape index (κ1) is 25.4. The molecule has 0 amide bonds. The van der Waals surface area contributed by atoms with Gasteiger partial charge in [0.1, 0.15) is 0 Å². The highest BCUT2D eigenvalue weighted by molar-refractivity contribution is 5.77. The second kappa shape index (κ2) is 10.7. The van der Waals surface area contributed by atoms with E-state index in [2.05, 4.69) is 26.8 Å². The molecule has 0 radical (unpaired) electrons. The lowest BCUT2D eigenvalue weighted by molar-refractivity contribution is -0.147. The van der Waals surface area contributed by atoms with Crippen molar-refractivity contribution < 1.29 is 19.8 Å². The molecule has 0 spiro atoms. The van der Waals surface area contributed by atoms with Crippen molar-refractivity contribution in [1.29, 1.82) is 0 Å². The van der Waals surface area contributed by atoms with Crippen LogP contribution in [0.2, 0.25) is 0 Å². The van der Waals surface area contributed by atoms with Gasteiger partial charge < -0.3 is 10.2 Å². The maximum atomic E-state index is 11.3. The summed E-state index contributed by atoms with van der Waals surface area (Å²) in [6.45, 7) is 10.2. The van der Waals surface area contributed by atoms with Gasteiger partial charge in [0, 0.05) is 0 Å². The van der Waals surface area contributed by atoms with Gasteiger partial charge in [-0.05, 0) is 114 Å². The minimum Gasteiger partial charge on any atom is -0.481 e. The van der Waals surface area contributed by atoms with Crippen LogP contribution in [0.1, 0.15) is 106 Å². The van der Waals surface area contributed by atoms with E-state index < -0.39 is 22.8 Å². The summed E-state index contributed by atoms with van der Waals surface area (Å²) in [6, 6.07) is 2.35. The number of carboxylic acid groups (broad SMARTS) is 2. The Labute approximate surface area is 188 Å². The Hall–Kier alpha value is -1.84. The molecule has 174 valence electrons. The van der Waals surface area contributed by atoms with Crippen LogP contribution in [0.4, 0.5) is 0 Å². The molecule has 2 N–H and O–H groups in total. The van der Waals surface area contributed by atoms with Crippen LogP contribution in [-0.4, -0.2) is 22.2 Å². The SMILES string of the molecule is Cc1cc(CCCCCC2(C(=O)O)CC2)c(CCCCCC(C)(C)C(=O)O)c(C)c1C. The minimum atomic E-state index is -0.712. The quantitative estimate of drug-likeness (QED) is 0.319. The molecule has 1 aliphatic rings. The van der Waals surface area contributed by atoms with Gasteiger partial charge in [0.15, 0.2) is 0 Å². The van der Waals surface area contributed by atoms with Crippen molar-refractivity contribution in [3.8, 4) is 0 Å². The van der Waals surface area contributed by atoms with E-state index in [9.17, 15) is 19.8 Å².